The maximum atomic E-state index is 13.9. The van der Waals surface area contributed by atoms with Crippen LogP contribution in [0.3, 0.4) is 0 Å². The van der Waals surface area contributed by atoms with Crippen molar-refractivity contribution in [3.05, 3.63) is 54.1 Å². The molecule has 0 aliphatic carbocycles. The Kier molecular flexibility index (Phi) is 7.29. The van der Waals surface area contributed by atoms with Gasteiger partial charge in [-0.1, -0.05) is 0 Å². The van der Waals surface area contributed by atoms with Gasteiger partial charge in [-0.05, 0) is 42.5 Å². The third kappa shape index (κ3) is 5.81. The summed E-state index contributed by atoms with van der Waals surface area (Å²) in [5.74, 6) is -2.00. The highest BCUT2D eigenvalue weighted by atomic mass is 32.2. The average Bonchev–Trinajstić information content (AvgIpc) is 2.74. The van der Waals surface area contributed by atoms with Crippen molar-refractivity contribution >= 4 is 39.3 Å². The van der Waals surface area contributed by atoms with Crippen LogP contribution in [0, 0.1) is 11.6 Å². The third-order valence-electron chi connectivity index (χ3n) is 4.64. The lowest BCUT2D eigenvalue weighted by Gasteiger charge is -2.34. The SMILES string of the molecule is CC(=O)Nc1ccc(SCC(=O)N2CCN(S(=O)(=O)c3cc(F)ccc3F)CC2)cc1. The zero-order valence-electron chi connectivity index (χ0n) is 16.7. The van der Waals surface area contributed by atoms with Gasteiger partial charge in [-0.3, -0.25) is 9.59 Å². The molecule has 0 atom stereocenters. The Labute approximate surface area is 183 Å². The van der Waals surface area contributed by atoms with Crippen LogP contribution < -0.4 is 5.32 Å². The van der Waals surface area contributed by atoms with Gasteiger partial charge in [-0.2, -0.15) is 4.31 Å². The van der Waals surface area contributed by atoms with E-state index in [0.29, 0.717) is 11.8 Å². The van der Waals surface area contributed by atoms with Crippen LogP contribution in [0.1, 0.15) is 6.92 Å². The predicted octanol–water partition coefficient (Wildman–Crippen LogP) is 2.55. The van der Waals surface area contributed by atoms with Crippen LogP contribution >= 0.6 is 11.8 Å². The van der Waals surface area contributed by atoms with Crippen molar-refractivity contribution in [3.63, 3.8) is 0 Å². The molecule has 0 spiro atoms. The Morgan fingerprint density at radius 2 is 1.68 bits per heavy atom. The smallest absolute Gasteiger partial charge is 0.246 e. The minimum atomic E-state index is -4.19. The van der Waals surface area contributed by atoms with Crippen LogP contribution in [-0.2, 0) is 19.6 Å². The normalized spacial score (nSPS) is 15.0. The number of carbonyl (C=O) groups excluding carboxylic acids is 2. The summed E-state index contributed by atoms with van der Waals surface area (Å²) in [6, 6.07) is 9.36. The van der Waals surface area contributed by atoms with Crippen LogP contribution in [0.4, 0.5) is 14.5 Å². The Hall–Kier alpha value is -2.50. The van der Waals surface area contributed by atoms with Crippen LogP contribution in [0.5, 0.6) is 0 Å². The number of carbonyl (C=O) groups is 2. The zero-order valence-corrected chi connectivity index (χ0v) is 18.3. The summed E-state index contributed by atoms with van der Waals surface area (Å²) in [6.45, 7) is 1.75. The minimum Gasteiger partial charge on any atom is -0.339 e. The maximum absolute atomic E-state index is 13.9. The summed E-state index contributed by atoms with van der Waals surface area (Å²) in [5, 5.41) is 2.66. The molecule has 2 amide bonds. The first-order valence-corrected chi connectivity index (χ1v) is 11.8. The molecule has 0 bridgehead atoms. The molecule has 0 saturated carbocycles. The number of halogens is 2. The molecule has 0 unspecified atom stereocenters. The van der Waals surface area contributed by atoms with Crippen molar-refractivity contribution in [1.29, 1.82) is 0 Å². The van der Waals surface area contributed by atoms with Crippen LogP contribution in [-0.4, -0.2) is 61.4 Å². The standard InChI is InChI=1S/C20H21F2N3O4S2/c1-14(26)23-16-3-5-17(6-4-16)30-13-20(27)24-8-10-25(11-9-24)31(28,29)19-12-15(21)2-7-18(19)22/h2-7,12H,8-11,13H2,1H3,(H,23,26). The molecule has 1 fully saturated rings. The number of benzene rings is 2. The number of hydrogen-bond acceptors (Lipinski definition) is 5. The second-order valence-corrected chi connectivity index (χ2v) is 9.81. The lowest BCUT2D eigenvalue weighted by atomic mass is 10.3. The Morgan fingerprint density at radius 1 is 1.03 bits per heavy atom. The molecule has 2 aromatic carbocycles. The van der Waals surface area contributed by atoms with Gasteiger partial charge in [0.2, 0.25) is 21.8 Å². The van der Waals surface area contributed by atoms with E-state index < -0.39 is 26.6 Å². The number of nitrogens with one attached hydrogen (secondary N) is 1. The number of amides is 2. The molecular weight excluding hydrogens is 448 g/mol. The van der Waals surface area contributed by atoms with Crippen molar-refractivity contribution < 1.29 is 26.8 Å². The summed E-state index contributed by atoms with van der Waals surface area (Å²) in [7, 11) is -4.19. The first-order valence-electron chi connectivity index (χ1n) is 9.40. The molecule has 1 saturated heterocycles. The summed E-state index contributed by atoms with van der Waals surface area (Å²) >= 11 is 1.33. The lowest BCUT2D eigenvalue weighted by Crippen LogP contribution is -2.51. The fraction of sp³-hybridized carbons (Fsp3) is 0.300. The van der Waals surface area contributed by atoms with E-state index in [1.54, 1.807) is 29.2 Å². The number of piperazine rings is 1. The van der Waals surface area contributed by atoms with E-state index >= 15 is 0 Å². The number of nitrogens with zero attached hydrogens (tertiary/aromatic N) is 2. The molecular formula is C20H21F2N3O4S2. The number of rotatable bonds is 6. The van der Waals surface area contributed by atoms with E-state index in [1.807, 2.05) is 0 Å². The molecule has 166 valence electrons. The minimum absolute atomic E-state index is 0.000105. The summed E-state index contributed by atoms with van der Waals surface area (Å²) in [4.78, 5) is 25.2. The topological polar surface area (TPSA) is 86.8 Å². The van der Waals surface area contributed by atoms with E-state index in [2.05, 4.69) is 5.32 Å². The van der Waals surface area contributed by atoms with Gasteiger partial charge in [0.15, 0.2) is 0 Å². The number of hydrogen-bond donors (Lipinski definition) is 1. The average molecular weight is 470 g/mol. The molecule has 1 aliphatic heterocycles. The van der Waals surface area contributed by atoms with Gasteiger partial charge >= 0.3 is 0 Å². The van der Waals surface area contributed by atoms with Gasteiger partial charge in [0.1, 0.15) is 16.5 Å². The summed E-state index contributed by atoms with van der Waals surface area (Å²) in [6.07, 6.45) is 0. The Balaban J connectivity index is 1.54. The van der Waals surface area contributed by atoms with E-state index in [1.165, 1.54) is 18.7 Å². The Morgan fingerprint density at radius 3 is 2.29 bits per heavy atom. The monoisotopic (exact) mass is 469 g/mol. The predicted molar refractivity (Wildman–Crippen MR) is 113 cm³/mol. The van der Waals surface area contributed by atoms with Crippen LogP contribution in [0.2, 0.25) is 0 Å². The highest BCUT2D eigenvalue weighted by Crippen LogP contribution is 2.23. The summed E-state index contributed by atoms with van der Waals surface area (Å²) < 4.78 is 53.6. The second-order valence-electron chi connectivity index (χ2n) is 6.85. The van der Waals surface area contributed by atoms with Gasteiger partial charge < -0.3 is 10.2 Å². The van der Waals surface area contributed by atoms with Crippen molar-refractivity contribution in [3.8, 4) is 0 Å². The number of sulfonamides is 1. The van der Waals surface area contributed by atoms with Gasteiger partial charge in [-0.25, -0.2) is 17.2 Å². The third-order valence-corrected chi connectivity index (χ3v) is 7.55. The van der Waals surface area contributed by atoms with E-state index in [0.717, 1.165) is 21.3 Å². The van der Waals surface area contributed by atoms with Gasteiger partial charge in [0, 0.05) is 43.7 Å². The molecule has 31 heavy (non-hydrogen) atoms. The molecule has 7 nitrogen and oxygen atoms in total. The molecule has 1 heterocycles. The fourth-order valence-electron chi connectivity index (χ4n) is 3.07. The highest BCUT2D eigenvalue weighted by molar-refractivity contribution is 8.00. The molecule has 1 aliphatic rings. The van der Waals surface area contributed by atoms with E-state index in [4.69, 9.17) is 0 Å². The molecule has 11 heteroatoms. The largest absolute Gasteiger partial charge is 0.339 e. The molecule has 2 aromatic rings. The van der Waals surface area contributed by atoms with Crippen molar-refractivity contribution in [2.45, 2.75) is 16.7 Å². The summed E-state index contributed by atoms with van der Waals surface area (Å²) in [5.41, 5.74) is 0.662. The maximum Gasteiger partial charge on any atom is 0.246 e. The van der Waals surface area contributed by atoms with Crippen molar-refractivity contribution in [2.75, 3.05) is 37.2 Å². The lowest BCUT2D eigenvalue weighted by molar-refractivity contribution is -0.129. The molecule has 0 radical (unpaired) electrons. The van der Waals surface area contributed by atoms with Crippen molar-refractivity contribution in [1.82, 2.24) is 9.21 Å². The van der Waals surface area contributed by atoms with E-state index in [-0.39, 0.29) is 43.7 Å². The van der Waals surface area contributed by atoms with Gasteiger partial charge in [-0.15, -0.1) is 11.8 Å². The highest BCUT2D eigenvalue weighted by Gasteiger charge is 2.32. The van der Waals surface area contributed by atoms with E-state index in [9.17, 15) is 26.8 Å². The number of anilines is 1. The second kappa shape index (κ2) is 9.75. The Bertz CT molecular complexity index is 1070. The quantitative estimate of drug-likeness (QED) is 0.657. The van der Waals surface area contributed by atoms with Gasteiger partial charge in [0.25, 0.3) is 0 Å². The fourth-order valence-corrected chi connectivity index (χ4v) is 5.37. The van der Waals surface area contributed by atoms with Gasteiger partial charge in [0.05, 0.1) is 5.75 Å². The molecule has 0 aromatic heterocycles. The number of thioether (sulfide) groups is 1. The van der Waals surface area contributed by atoms with Crippen LogP contribution in [0.25, 0.3) is 0 Å². The molecule has 3 rings (SSSR count). The first kappa shape index (κ1) is 23.2. The molecule has 1 N–H and O–H groups in total. The van der Waals surface area contributed by atoms with Crippen molar-refractivity contribution in [2.24, 2.45) is 0 Å². The zero-order chi connectivity index (χ0) is 22.6. The van der Waals surface area contributed by atoms with Crippen LogP contribution in [0.15, 0.2) is 52.3 Å². The first-order chi connectivity index (χ1) is 14.7.